The van der Waals surface area contributed by atoms with Gasteiger partial charge in [-0.15, -0.1) is 6.42 Å². The standard InChI is InChI=1S/C17H26FNO2/c1-5-17(18)8-6-16(7-9-17)10-12-19(13-11-16)14(20)21-15(2,3)4/h1H,6-13H2,2-4H3. The van der Waals surface area contributed by atoms with E-state index in [0.29, 0.717) is 25.9 Å². The van der Waals surface area contributed by atoms with E-state index in [1.165, 1.54) is 0 Å². The third-order valence-electron chi connectivity index (χ3n) is 4.84. The monoisotopic (exact) mass is 295 g/mol. The van der Waals surface area contributed by atoms with E-state index in [-0.39, 0.29) is 11.5 Å². The Morgan fingerprint density at radius 1 is 1.14 bits per heavy atom. The first-order chi connectivity index (χ1) is 9.67. The molecule has 0 radical (unpaired) electrons. The van der Waals surface area contributed by atoms with E-state index in [0.717, 1.165) is 25.7 Å². The normalized spacial score (nSPS) is 24.4. The molecular formula is C17H26FNO2. The van der Waals surface area contributed by atoms with Gasteiger partial charge in [-0.3, -0.25) is 0 Å². The molecule has 0 N–H and O–H groups in total. The Bertz CT molecular complexity index is 429. The number of carbonyl (C=O) groups is 1. The van der Waals surface area contributed by atoms with Crippen molar-refractivity contribution in [2.75, 3.05) is 13.1 Å². The Morgan fingerprint density at radius 3 is 2.10 bits per heavy atom. The van der Waals surface area contributed by atoms with Gasteiger partial charge < -0.3 is 9.64 Å². The van der Waals surface area contributed by atoms with Crippen LogP contribution >= 0.6 is 0 Å². The van der Waals surface area contributed by atoms with E-state index in [1.807, 2.05) is 20.8 Å². The van der Waals surface area contributed by atoms with Crippen molar-refractivity contribution in [1.82, 2.24) is 4.90 Å². The molecule has 1 saturated heterocycles. The molecule has 0 bridgehead atoms. The largest absolute Gasteiger partial charge is 0.444 e. The van der Waals surface area contributed by atoms with Crippen LogP contribution in [0.2, 0.25) is 0 Å². The molecule has 2 rings (SSSR count). The fourth-order valence-electron chi connectivity index (χ4n) is 3.31. The maximum absolute atomic E-state index is 14.1. The lowest BCUT2D eigenvalue weighted by Gasteiger charge is -2.46. The van der Waals surface area contributed by atoms with Crippen molar-refractivity contribution in [3.63, 3.8) is 0 Å². The maximum Gasteiger partial charge on any atom is 0.410 e. The molecule has 0 aromatic heterocycles. The third-order valence-corrected chi connectivity index (χ3v) is 4.84. The van der Waals surface area contributed by atoms with E-state index < -0.39 is 11.3 Å². The fraction of sp³-hybridized carbons (Fsp3) is 0.824. The Kier molecular flexibility index (Phi) is 4.24. The molecule has 2 aliphatic rings. The number of nitrogens with zero attached hydrogens (tertiary/aromatic N) is 1. The summed E-state index contributed by atoms with van der Waals surface area (Å²) >= 11 is 0. The van der Waals surface area contributed by atoms with Crippen molar-refractivity contribution in [2.45, 2.75) is 70.6 Å². The Hall–Kier alpha value is -1.24. The minimum absolute atomic E-state index is 0.172. The molecule has 1 spiro atoms. The first-order valence-electron chi connectivity index (χ1n) is 7.82. The topological polar surface area (TPSA) is 29.5 Å². The van der Waals surface area contributed by atoms with Crippen molar-refractivity contribution in [3.05, 3.63) is 0 Å². The Balaban J connectivity index is 1.87. The van der Waals surface area contributed by atoms with Gasteiger partial charge in [0.05, 0.1) is 0 Å². The summed E-state index contributed by atoms with van der Waals surface area (Å²) in [4.78, 5) is 13.8. The summed E-state index contributed by atoms with van der Waals surface area (Å²) in [5.41, 5.74) is -1.70. The number of hydrogen-bond acceptors (Lipinski definition) is 2. The molecule has 0 aromatic rings. The van der Waals surface area contributed by atoms with Crippen molar-refractivity contribution < 1.29 is 13.9 Å². The predicted octanol–water partition coefficient (Wildman–Crippen LogP) is 3.92. The van der Waals surface area contributed by atoms with E-state index in [1.54, 1.807) is 4.90 Å². The summed E-state index contributed by atoms with van der Waals surface area (Å²) in [5.74, 6) is 2.30. The zero-order chi connectivity index (χ0) is 15.7. The number of rotatable bonds is 0. The van der Waals surface area contributed by atoms with E-state index in [2.05, 4.69) is 5.92 Å². The van der Waals surface area contributed by atoms with Crippen LogP contribution in [-0.4, -0.2) is 35.4 Å². The van der Waals surface area contributed by atoms with Gasteiger partial charge >= 0.3 is 6.09 Å². The van der Waals surface area contributed by atoms with Crippen LogP contribution in [0.25, 0.3) is 0 Å². The Labute approximate surface area is 127 Å². The van der Waals surface area contributed by atoms with Crippen LogP contribution in [0.5, 0.6) is 0 Å². The number of ether oxygens (including phenoxy) is 1. The molecule has 1 saturated carbocycles. The van der Waals surface area contributed by atoms with Gasteiger partial charge in [0.2, 0.25) is 0 Å². The highest BCUT2D eigenvalue weighted by atomic mass is 19.1. The number of halogens is 1. The molecule has 3 nitrogen and oxygen atoms in total. The van der Waals surface area contributed by atoms with Crippen molar-refractivity contribution >= 4 is 6.09 Å². The van der Waals surface area contributed by atoms with Gasteiger partial charge in [0.25, 0.3) is 0 Å². The molecule has 1 aliphatic heterocycles. The van der Waals surface area contributed by atoms with Crippen LogP contribution in [0.1, 0.15) is 59.3 Å². The number of hydrogen-bond donors (Lipinski definition) is 0. The smallest absolute Gasteiger partial charge is 0.410 e. The maximum atomic E-state index is 14.1. The molecular weight excluding hydrogens is 269 g/mol. The SMILES string of the molecule is C#CC1(F)CCC2(CCN(C(=O)OC(C)(C)C)CC2)CC1. The van der Waals surface area contributed by atoms with Crippen molar-refractivity contribution in [2.24, 2.45) is 5.41 Å². The molecule has 0 atom stereocenters. The predicted molar refractivity (Wildman–Crippen MR) is 80.6 cm³/mol. The number of piperidine rings is 1. The molecule has 4 heteroatoms. The number of likely N-dealkylation sites (tertiary alicyclic amines) is 1. The minimum Gasteiger partial charge on any atom is -0.444 e. The van der Waals surface area contributed by atoms with Gasteiger partial charge in [0.1, 0.15) is 5.60 Å². The van der Waals surface area contributed by atoms with Crippen LogP contribution in [-0.2, 0) is 4.74 Å². The summed E-state index contributed by atoms with van der Waals surface area (Å²) in [5, 5.41) is 0. The second-order valence-corrected chi connectivity index (χ2v) is 7.58. The van der Waals surface area contributed by atoms with Gasteiger partial charge in [-0.2, -0.15) is 0 Å². The number of alkyl halides is 1. The second-order valence-electron chi connectivity index (χ2n) is 7.58. The molecule has 21 heavy (non-hydrogen) atoms. The van der Waals surface area contributed by atoms with Gasteiger partial charge in [0.15, 0.2) is 5.67 Å². The lowest BCUT2D eigenvalue weighted by Crippen LogP contribution is -2.47. The second kappa shape index (κ2) is 5.51. The summed E-state index contributed by atoms with van der Waals surface area (Å²) < 4.78 is 19.5. The van der Waals surface area contributed by atoms with Crippen LogP contribution in [0.15, 0.2) is 0 Å². The molecule has 1 amide bonds. The summed E-state index contributed by atoms with van der Waals surface area (Å²) in [6.07, 6.45) is 9.46. The van der Waals surface area contributed by atoms with Crippen LogP contribution < -0.4 is 0 Å². The van der Waals surface area contributed by atoms with Crippen LogP contribution in [0.3, 0.4) is 0 Å². The first-order valence-corrected chi connectivity index (χ1v) is 7.82. The van der Waals surface area contributed by atoms with E-state index >= 15 is 0 Å². The number of carbonyl (C=O) groups excluding carboxylic acids is 1. The van der Waals surface area contributed by atoms with Gasteiger partial charge in [-0.25, -0.2) is 9.18 Å². The van der Waals surface area contributed by atoms with E-state index in [9.17, 15) is 9.18 Å². The highest BCUT2D eigenvalue weighted by Gasteiger charge is 2.44. The van der Waals surface area contributed by atoms with Gasteiger partial charge in [0, 0.05) is 13.1 Å². The molecule has 0 unspecified atom stereocenters. The average Bonchev–Trinajstić information content (AvgIpc) is 2.42. The Morgan fingerprint density at radius 2 is 1.67 bits per heavy atom. The highest BCUT2D eigenvalue weighted by molar-refractivity contribution is 5.68. The third kappa shape index (κ3) is 3.90. The average molecular weight is 295 g/mol. The molecule has 0 aromatic carbocycles. The first kappa shape index (κ1) is 16.1. The summed E-state index contributed by atoms with van der Waals surface area (Å²) in [6, 6.07) is 0. The van der Waals surface area contributed by atoms with Crippen LogP contribution in [0.4, 0.5) is 9.18 Å². The highest BCUT2D eigenvalue weighted by Crippen LogP contribution is 2.48. The zero-order valence-corrected chi connectivity index (χ0v) is 13.4. The van der Waals surface area contributed by atoms with E-state index in [4.69, 9.17) is 11.2 Å². The molecule has 118 valence electrons. The van der Waals surface area contributed by atoms with Crippen molar-refractivity contribution in [3.8, 4) is 12.3 Å². The summed E-state index contributed by atoms with van der Waals surface area (Å²) in [7, 11) is 0. The lowest BCUT2D eigenvalue weighted by atomic mass is 9.65. The quantitative estimate of drug-likeness (QED) is 0.634. The lowest BCUT2D eigenvalue weighted by molar-refractivity contribution is -0.00607. The van der Waals surface area contributed by atoms with Gasteiger partial charge in [-0.1, -0.05) is 5.92 Å². The zero-order valence-electron chi connectivity index (χ0n) is 13.4. The van der Waals surface area contributed by atoms with Crippen LogP contribution in [0, 0.1) is 17.8 Å². The van der Waals surface area contributed by atoms with Crippen molar-refractivity contribution in [1.29, 1.82) is 0 Å². The number of terminal acetylenes is 1. The molecule has 1 heterocycles. The minimum atomic E-state index is -1.41. The summed E-state index contributed by atoms with van der Waals surface area (Å²) in [6.45, 7) is 7.02. The fourth-order valence-corrected chi connectivity index (χ4v) is 3.31. The number of amides is 1. The molecule has 2 fully saturated rings. The van der Waals surface area contributed by atoms with Gasteiger partial charge in [-0.05, 0) is 64.7 Å². The molecule has 1 aliphatic carbocycles.